The zero-order chi connectivity index (χ0) is 21.4. The van der Waals surface area contributed by atoms with Crippen molar-refractivity contribution in [3.05, 3.63) is 59.3 Å². The van der Waals surface area contributed by atoms with Gasteiger partial charge in [-0.15, -0.1) is 0 Å². The van der Waals surface area contributed by atoms with E-state index in [4.69, 9.17) is 9.40 Å². The molecule has 1 aliphatic rings. The number of carbonyl (C=O) groups excluding carboxylic acids is 1. The van der Waals surface area contributed by atoms with Crippen LogP contribution in [0.3, 0.4) is 0 Å². The molecule has 0 aliphatic carbocycles. The van der Waals surface area contributed by atoms with E-state index in [0.29, 0.717) is 24.1 Å². The minimum atomic E-state index is -0.306. The third kappa shape index (κ3) is 3.65. The SMILES string of the molecule is Cc1nc(C)c(C(=O)N2CCC[C@@H]2c2nc(N(C)C)ncc2-c2ccc(F)cc2)o1. The highest BCUT2D eigenvalue weighted by atomic mass is 19.1. The molecule has 1 fully saturated rings. The molecule has 0 saturated carbocycles. The number of carbonyl (C=O) groups is 1. The Kier molecular flexibility index (Phi) is 5.24. The number of nitrogens with zero attached hydrogens (tertiary/aromatic N) is 5. The van der Waals surface area contributed by atoms with Crippen molar-refractivity contribution in [1.29, 1.82) is 0 Å². The van der Waals surface area contributed by atoms with E-state index in [1.807, 2.05) is 19.0 Å². The average Bonchev–Trinajstić information content (AvgIpc) is 3.34. The number of rotatable bonds is 4. The Labute approximate surface area is 174 Å². The van der Waals surface area contributed by atoms with Gasteiger partial charge in [0.1, 0.15) is 5.82 Å². The summed E-state index contributed by atoms with van der Waals surface area (Å²) in [6, 6.07) is 6.01. The van der Waals surface area contributed by atoms with E-state index in [0.717, 1.165) is 29.7 Å². The lowest BCUT2D eigenvalue weighted by Crippen LogP contribution is -2.32. The van der Waals surface area contributed by atoms with Gasteiger partial charge in [-0.3, -0.25) is 4.79 Å². The molecule has 0 spiro atoms. The van der Waals surface area contributed by atoms with Gasteiger partial charge in [-0.1, -0.05) is 12.1 Å². The summed E-state index contributed by atoms with van der Waals surface area (Å²) >= 11 is 0. The van der Waals surface area contributed by atoms with Crippen LogP contribution in [0, 0.1) is 19.7 Å². The second kappa shape index (κ2) is 7.85. The molecule has 7 nitrogen and oxygen atoms in total. The van der Waals surface area contributed by atoms with Crippen LogP contribution in [0.4, 0.5) is 10.3 Å². The Bertz CT molecular complexity index is 1080. The maximum atomic E-state index is 13.5. The lowest BCUT2D eigenvalue weighted by molar-refractivity contribution is 0.0698. The normalized spacial score (nSPS) is 16.2. The summed E-state index contributed by atoms with van der Waals surface area (Å²) in [5.74, 6) is 0.799. The minimum Gasteiger partial charge on any atom is -0.436 e. The van der Waals surface area contributed by atoms with Gasteiger partial charge in [0.15, 0.2) is 5.89 Å². The summed E-state index contributed by atoms with van der Waals surface area (Å²) in [6.45, 7) is 4.10. The number of likely N-dealkylation sites (tertiary alicyclic amines) is 1. The molecule has 0 bridgehead atoms. The van der Waals surface area contributed by atoms with Gasteiger partial charge in [0.25, 0.3) is 5.91 Å². The van der Waals surface area contributed by atoms with Gasteiger partial charge in [0.05, 0.1) is 17.4 Å². The molecule has 1 aromatic carbocycles. The van der Waals surface area contributed by atoms with Gasteiger partial charge in [-0.2, -0.15) is 0 Å². The summed E-state index contributed by atoms with van der Waals surface area (Å²) in [5, 5.41) is 0. The number of anilines is 1. The van der Waals surface area contributed by atoms with E-state index in [9.17, 15) is 9.18 Å². The fourth-order valence-electron chi connectivity index (χ4n) is 3.86. The standard InChI is InChI=1S/C22H24FN5O2/c1-13-20(30-14(2)25-13)21(29)28-11-5-6-18(28)19-17(12-24-22(26-19)27(3)4)15-7-9-16(23)10-8-15/h7-10,12,18H,5-6,11H2,1-4H3/t18-/m1/s1. The van der Waals surface area contributed by atoms with Crippen molar-refractivity contribution < 1.29 is 13.6 Å². The fourth-order valence-corrected chi connectivity index (χ4v) is 3.86. The van der Waals surface area contributed by atoms with Crippen LogP contribution >= 0.6 is 0 Å². The molecule has 3 heterocycles. The van der Waals surface area contributed by atoms with Crippen LogP contribution in [0.2, 0.25) is 0 Å². The van der Waals surface area contributed by atoms with E-state index in [2.05, 4.69) is 9.97 Å². The molecule has 3 aromatic rings. The van der Waals surface area contributed by atoms with Gasteiger partial charge < -0.3 is 14.2 Å². The van der Waals surface area contributed by atoms with Gasteiger partial charge in [0, 0.05) is 39.3 Å². The van der Waals surface area contributed by atoms with Crippen LogP contribution in [0.15, 0.2) is 34.9 Å². The molecule has 0 unspecified atom stereocenters. The third-order valence-electron chi connectivity index (χ3n) is 5.29. The molecule has 8 heteroatoms. The smallest absolute Gasteiger partial charge is 0.292 e. The van der Waals surface area contributed by atoms with E-state index in [1.165, 1.54) is 12.1 Å². The monoisotopic (exact) mass is 409 g/mol. The van der Waals surface area contributed by atoms with Crippen LogP contribution < -0.4 is 4.90 Å². The molecule has 1 amide bonds. The van der Waals surface area contributed by atoms with E-state index in [-0.39, 0.29) is 23.5 Å². The quantitative estimate of drug-likeness (QED) is 0.650. The molecule has 0 N–H and O–H groups in total. The van der Waals surface area contributed by atoms with Gasteiger partial charge in [-0.05, 0) is 37.5 Å². The van der Waals surface area contributed by atoms with Crippen LogP contribution in [-0.4, -0.2) is 46.4 Å². The fraction of sp³-hybridized carbons (Fsp3) is 0.364. The van der Waals surface area contributed by atoms with Gasteiger partial charge in [-0.25, -0.2) is 19.3 Å². The number of benzene rings is 1. The molecule has 30 heavy (non-hydrogen) atoms. The Hall–Kier alpha value is -3.29. The van der Waals surface area contributed by atoms with Crippen molar-refractivity contribution in [3.8, 4) is 11.1 Å². The zero-order valence-corrected chi connectivity index (χ0v) is 17.5. The van der Waals surface area contributed by atoms with Crippen molar-refractivity contribution in [2.24, 2.45) is 0 Å². The molecule has 1 atom stereocenters. The highest BCUT2D eigenvalue weighted by Crippen LogP contribution is 2.38. The summed E-state index contributed by atoms with van der Waals surface area (Å²) < 4.78 is 19.0. The number of aryl methyl sites for hydroxylation is 2. The number of hydrogen-bond acceptors (Lipinski definition) is 6. The molecule has 4 rings (SSSR count). The van der Waals surface area contributed by atoms with E-state index >= 15 is 0 Å². The first-order valence-electron chi connectivity index (χ1n) is 9.90. The first kappa shape index (κ1) is 20.0. The van der Waals surface area contributed by atoms with Crippen LogP contribution in [0.5, 0.6) is 0 Å². The Balaban J connectivity index is 1.78. The van der Waals surface area contributed by atoms with Crippen molar-refractivity contribution in [2.45, 2.75) is 32.7 Å². The van der Waals surface area contributed by atoms with Crippen LogP contribution in [0.1, 0.15) is 46.7 Å². The van der Waals surface area contributed by atoms with Crippen molar-refractivity contribution in [1.82, 2.24) is 19.9 Å². The topological polar surface area (TPSA) is 75.4 Å². The van der Waals surface area contributed by atoms with Crippen LogP contribution in [-0.2, 0) is 0 Å². The Morgan fingerprint density at radius 1 is 1.20 bits per heavy atom. The van der Waals surface area contributed by atoms with Crippen molar-refractivity contribution in [3.63, 3.8) is 0 Å². The molecular weight excluding hydrogens is 385 g/mol. The predicted octanol–water partition coefficient (Wildman–Crippen LogP) is 3.93. The zero-order valence-electron chi connectivity index (χ0n) is 17.5. The molecule has 1 aliphatic heterocycles. The third-order valence-corrected chi connectivity index (χ3v) is 5.29. The molecular formula is C22H24FN5O2. The summed E-state index contributed by atoms with van der Waals surface area (Å²) in [6.07, 6.45) is 3.37. The second-order valence-electron chi connectivity index (χ2n) is 7.67. The second-order valence-corrected chi connectivity index (χ2v) is 7.67. The highest BCUT2D eigenvalue weighted by molar-refractivity contribution is 5.93. The van der Waals surface area contributed by atoms with E-state index < -0.39 is 0 Å². The Morgan fingerprint density at radius 2 is 1.93 bits per heavy atom. The number of oxazole rings is 1. The molecule has 156 valence electrons. The average molecular weight is 409 g/mol. The minimum absolute atomic E-state index is 0.189. The maximum absolute atomic E-state index is 13.5. The largest absolute Gasteiger partial charge is 0.436 e. The first-order valence-corrected chi connectivity index (χ1v) is 9.90. The maximum Gasteiger partial charge on any atom is 0.292 e. The Morgan fingerprint density at radius 3 is 2.57 bits per heavy atom. The molecule has 0 radical (unpaired) electrons. The van der Waals surface area contributed by atoms with Crippen LogP contribution in [0.25, 0.3) is 11.1 Å². The predicted molar refractivity (Wildman–Crippen MR) is 111 cm³/mol. The first-order chi connectivity index (χ1) is 14.3. The van der Waals surface area contributed by atoms with Gasteiger partial charge in [0.2, 0.25) is 11.7 Å². The summed E-state index contributed by atoms with van der Waals surface area (Å²) in [4.78, 5) is 30.3. The number of halogens is 1. The van der Waals surface area contributed by atoms with Crippen molar-refractivity contribution in [2.75, 3.05) is 25.5 Å². The summed E-state index contributed by atoms with van der Waals surface area (Å²) in [5.41, 5.74) is 2.93. The molecule has 2 aromatic heterocycles. The lowest BCUT2D eigenvalue weighted by Gasteiger charge is -2.26. The highest BCUT2D eigenvalue weighted by Gasteiger charge is 2.36. The number of hydrogen-bond donors (Lipinski definition) is 0. The lowest BCUT2D eigenvalue weighted by atomic mass is 9.99. The summed E-state index contributed by atoms with van der Waals surface area (Å²) in [7, 11) is 3.74. The van der Waals surface area contributed by atoms with Crippen molar-refractivity contribution >= 4 is 11.9 Å². The number of amides is 1. The molecule has 1 saturated heterocycles. The van der Waals surface area contributed by atoms with Gasteiger partial charge >= 0.3 is 0 Å². The van der Waals surface area contributed by atoms with E-state index in [1.54, 1.807) is 37.1 Å². The number of aromatic nitrogens is 3.